The van der Waals surface area contributed by atoms with E-state index in [9.17, 15) is 0 Å². The molecule has 0 aliphatic rings. The van der Waals surface area contributed by atoms with Crippen molar-refractivity contribution in [3.05, 3.63) is 0 Å². The molecule has 0 radical (unpaired) electrons. The molecule has 0 aliphatic carbocycles. The second-order valence-electron chi connectivity index (χ2n) is 0.871. The summed E-state index contributed by atoms with van der Waals surface area (Å²) in [4.78, 5) is 0. The van der Waals surface area contributed by atoms with Crippen molar-refractivity contribution in [3.63, 3.8) is 0 Å². The third kappa shape index (κ3) is 4.31. The molecule has 0 fully saturated rings. The minimum absolute atomic E-state index is 1.08. The lowest BCUT2D eigenvalue weighted by atomic mass is 10.6. The molecule has 0 saturated heterocycles. The highest BCUT2D eigenvalue weighted by Crippen LogP contribution is 1.85. The van der Waals surface area contributed by atoms with Gasteiger partial charge in [0.05, 0.1) is 0 Å². The zero-order chi connectivity index (χ0) is 4.12. The van der Waals surface area contributed by atoms with Crippen LogP contribution in [-0.2, 0) is 0 Å². The van der Waals surface area contributed by atoms with E-state index in [0.29, 0.717) is 0 Å². The van der Waals surface area contributed by atoms with E-state index < -0.39 is 0 Å². The van der Waals surface area contributed by atoms with Crippen LogP contribution in [0.25, 0.3) is 0 Å². The summed E-state index contributed by atoms with van der Waals surface area (Å²) >= 11 is 1.40. The number of hydrogen-bond acceptors (Lipinski definition) is 2. The minimum Gasteiger partial charge on any atom is -0.278 e. The van der Waals surface area contributed by atoms with Crippen LogP contribution in [0.4, 0.5) is 0 Å². The van der Waals surface area contributed by atoms with Crippen molar-refractivity contribution in [1.82, 2.24) is 0 Å². The minimum atomic E-state index is 1.08. The predicted octanol–water partition coefficient (Wildman–Crippen LogP) is 1.00. The highest BCUT2D eigenvalue weighted by atomic mass is 32.2. The summed E-state index contributed by atoms with van der Waals surface area (Å²) in [5.41, 5.74) is 0. The Bertz CT molecular complexity index is 14.4. The Morgan fingerprint density at radius 2 is 2.40 bits per heavy atom. The SMILES string of the molecule is CCCSN. The first-order valence-electron chi connectivity index (χ1n) is 1.73. The van der Waals surface area contributed by atoms with Gasteiger partial charge in [0.2, 0.25) is 0 Å². The monoisotopic (exact) mass is 91.0 g/mol. The van der Waals surface area contributed by atoms with Crippen LogP contribution in [0.2, 0.25) is 0 Å². The number of nitrogens with two attached hydrogens (primary N) is 1. The predicted molar refractivity (Wildman–Crippen MR) is 26.9 cm³/mol. The molecule has 0 amide bonds. The van der Waals surface area contributed by atoms with Gasteiger partial charge in [0.1, 0.15) is 0 Å². The third-order valence-electron chi connectivity index (χ3n) is 0.322. The Kier molecular flexibility index (Phi) is 4.58. The molecule has 5 heavy (non-hydrogen) atoms. The Morgan fingerprint density at radius 1 is 1.80 bits per heavy atom. The van der Waals surface area contributed by atoms with E-state index in [4.69, 9.17) is 5.14 Å². The molecule has 0 saturated carbocycles. The lowest BCUT2D eigenvalue weighted by Gasteiger charge is -1.80. The summed E-state index contributed by atoms with van der Waals surface area (Å²) in [6, 6.07) is 0. The van der Waals surface area contributed by atoms with Crippen LogP contribution < -0.4 is 5.14 Å². The first kappa shape index (κ1) is 5.31. The molecular formula is C3H9NS. The first-order chi connectivity index (χ1) is 2.41. The number of hydrogen-bond donors (Lipinski definition) is 1. The van der Waals surface area contributed by atoms with Gasteiger partial charge in [-0.2, -0.15) is 0 Å². The van der Waals surface area contributed by atoms with Crippen LogP contribution in [0.3, 0.4) is 0 Å². The van der Waals surface area contributed by atoms with E-state index in [1.807, 2.05) is 0 Å². The van der Waals surface area contributed by atoms with Gasteiger partial charge in [-0.3, -0.25) is 5.14 Å². The molecular weight excluding hydrogens is 82.1 g/mol. The van der Waals surface area contributed by atoms with Crippen molar-refractivity contribution in [1.29, 1.82) is 0 Å². The molecule has 0 aromatic heterocycles. The van der Waals surface area contributed by atoms with Crippen molar-refractivity contribution in [3.8, 4) is 0 Å². The average molecular weight is 91.2 g/mol. The molecule has 32 valence electrons. The lowest BCUT2D eigenvalue weighted by Crippen LogP contribution is -1.79. The smallest absolute Gasteiger partial charge is 0.00738 e. The summed E-state index contributed by atoms with van der Waals surface area (Å²) in [7, 11) is 0. The summed E-state index contributed by atoms with van der Waals surface area (Å²) < 4.78 is 0. The molecule has 2 N–H and O–H groups in total. The van der Waals surface area contributed by atoms with E-state index in [1.54, 1.807) is 0 Å². The van der Waals surface area contributed by atoms with Crippen LogP contribution in [0.15, 0.2) is 0 Å². The van der Waals surface area contributed by atoms with E-state index in [-0.39, 0.29) is 0 Å². The molecule has 0 atom stereocenters. The molecule has 0 aliphatic heterocycles. The zero-order valence-corrected chi connectivity index (χ0v) is 4.22. The molecule has 0 aromatic rings. The fourth-order valence-corrected chi connectivity index (χ4v) is 0.354. The van der Waals surface area contributed by atoms with Gasteiger partial charge in [0.15, 0.2) is 0 Å². The molecule has 0 aromatic carbocycles. The van der Waals surface area contributed by atoms with Gasteiger partial charge < -0.3 is 0 Å². The Labute approximate surface area is 37.1 Å². The quantitative estimate of drug-likeness (QED) is 0.513. The zero-order valence-electron chi connectivity index (χ0n) is 3.40. The largest absolute Gasteiger partial charge is 0.278 e. The fraction of sp³-hybridized carbons (Fsp3) is 1.00. The summed E-state index contributed by atoms with van der Waals surface area (Å²) in [6.07, 6.45) is 1.18. The molecule has 0 unspecified atom stereocenters. The second kappa shape index (κ2) is 4.31. The highest BCUT2D eigenvalue weighted by molar-refractivity contribution is 7.97. The molecule has 0 bridgehead atoms. The average Bonchev–Trinajstić information content (AvgIpc) is 1.41. The van der Waals surface area contributed by atoms with Crippen molar-refractivity contribution in [2.24, 2.45) is 5.14 Å². The van der Waals surface area contributed by atoms with Gasteiger partial charge in [-0.05, 0) is 6.42 Å². The van der Waals surface area contributed by atoms with Crippen LogP contribution in [0, 0.1) is 0 Å². The molecule has 1 nitrogen and oxygen atoms in total. The normalized spacial score (nSPS) is 8.40. The Morgan fingerprint density at radius 3 is 2.40 bits per heavy atom. The van der Waals surface area contributed by atoms with Crippen molar-refractivity contribution >= 4 is 11.9 Å². The van der Waals surface area contributed by atoms with Gasteiger partial charge in [0.25, 0.3) is 0 Å². The third-order valence-corrected chi connectivity index (χ3v) is 0.966. The summed E-state index contributed by atoms with van der Waals surface area (Å²) in [5.74, 6) is 1.08. The fourth-order valence-electron chi connectivity index (χ4n) is 0.118. The molecule has 0 heterocycles. The topological polar surface area (TPSA) is 26.0 Å². The maximum atomic E-state index is 5.06. The first-order valence-corrected chi connectivity index (χ1v) is 2.78. The van der Waals surface area contributed by atoms with Gasteiger partial charge >= 0.3 is 0 Å². The van der Waals surface area contributed by atoms with Gasteiger partial charge in [-0.15, -0.1) is 0 Å². The van der Waals surface area contributed by atoms with Crippen LogP contribution in [0.5, 0.6) is 0 Å². The maximum Gasteiger partial charge on any atom is 0.00738 e. The van der Waals surface area contributed by atoms with Crippen molar-refractivity contribution in [2.45, 2.75) is 13.3 Å². The summed E-state index contributed by atoms with van der Waals surface area (Å²) in [5, 5.41) is 5.06. The molecule has 0 spiro atoms. The number of rotatable bonds is 2. The van der Waals surface area contributed by atoms with Gasteiger partial charge in [-0.25, -0.2) is 0 Å². The van der Waals surface area contributed by atoms with Crippen molar-refractivity contribution in [2.75, 3.05) is 5.75 Å². The lowest BCUT2D eigenvalue weighted by molar-refractivity contribution is 1.11. The Balaban J connectivity index is 2.19. The van der Waals surface area contributed by atoms with E-state index in [0.717, 1.165) is 5.75 Å². The van der Waals surface area contributed by atoms with E-state index >= 15 is 0 Å². The standard InChI is InChI=1S/C3H9NS/c1-2-3-5-4/h2-4H2,1H3. The maximum absolute atomic E-state index is 5.06. The van der Waals surface area contributed by atoms with E-state index in [2.05, 4.69) is 6.92 Å². The summed E-state index contributed by atoms with van der Waals surface area (Å²) in [6.45, 7) is 2.11. The Hall–Kier alpha value is 0.310. The van der Waals surface area contributed by atoms with E-state index in [1.165, 1.54) is 18.4 Å². The second-order valence-corrected chi connectivity index (χ2v) is 1.61. The van der Waals surface area contributed by atoms with Crippen molar-refractivity contribution < 1.29 is 0 Å². The highest BCUT2D eigenvalue weighted by Gasteiger charge is 1.68. The van der Waals surface area contributed by atoms with Gasteiger partial charge in [0, 0.05) is 5.75 Å². The van der Waals surface area contributed by atoms with Crippen LogP contribution in [0.1, 0.15) is 13.3 Å². The van der Waals surface area contributed by atoms with Gasteiger partial charge in [-0.1, -0.05) is 18.9 Å². The van der Waals surface area contributed by atoms with Crippen LogP contribution >= 0.6 is 11.9 Å². The van der Waals surface area contributed by atoms with Crippen LogP contribution in [-0.4, -0.2) is 5.75 Å². The molecule has 0 rings (SSSR count). The molecule has 2 heteroatoms.